The first-order valence-electron chi connectivity index (χ1n) is 6.50. The molecule has 0 aliphatic carbocycles. The number of benzene rings is 1. The van der Waals surface area contributed by atoms with Crippen molar-refractivity contribution in [2.75, 3.05) is 11.4 Å². The van der Waals surface area contributed by atoms with Gasteiger partial charge < -0.3 is 14.4 Å². The molecule has 0 fully saturated rings. The van der Waals surface area contributed by atoms with E-state index in [0.29, 0.717) is 5.69 Å². The van der Waals surface area contributed by atoms with Gasteiger partial charge in [0.25, 0.3) is 0 Å². The summed E-state index contributed by atoms with van der Waals surface area (Å²) in [6.07, 6.45) is -1.18. The molecule has 1 N–H and O–H groups in total. The van der Waals surface area contributed by atoms with E-state index in [-0.39, 0.29) is 5.92 Å². The molecule has 0 amide bonds. The number of anilines is 1. The Morgan fingerprint density at radius 1 is 1.33 bits per heavy atom. The van der Waals surface area contributed by atoms with Gasteiger partial charge >= 0.3 is 5.97 Å². The third-order valence-corrected chi connectivity index (χ3v) is 3.91. The fourth-order valence-corrected chi connectivity index (χ4v) is 2.58. The molecular formula is C14H20NO5S-. The van der Waals surface area contributed by atoms with Crippen molar-refractivity contribution >= 4 is 22.9 Å². The van der Waals surface area contributed by atoms with Gasteiger partial charge in [-0.2, -0.15) is 0 Å². The van der Waals surface area contributed by atoms with Crippen LogP contribution in [-0.2, 0) is 20.8 Å². The predicted octanol–water partition coefficient (Wildman–Crippen LogP) is 1.15. The standard InChI is InChI=1S/C14H21NO5S/c1-9(2)13(16)12(14(17)20-4)15(21(18)19)11-7-5-10(3)6-8-11/h5-9,12-13,16H,1-4H3,(H,18,19)/p-1/t12-,13+/m0/s1. The molecule has 6 nitrogen and oxygen atoms in total. The molecule has 0 heterocycles. The lowest BCUT2D eigenvalue weighted by Gasteiger charge is -2.36. The summed E-state index contributed by atoms with van der Waals surface area (Å²) >= 11 is -2.73. The van der Waals surface area contributed by atoms with Crippen LogP contribution in [-0.4, -0.2) is 39.1 Å². The SMILES string of the molecule is COC(=O)[C@H]([C@H](O)C(C)C)N(c1ccc(C)cc1)S(=O)[O-]. The first-order valence-corrected chi connectivity index (χ1v) is 7.54. The zero-order valence-corrected chi connectivity index (χ0v) is 13.3. The second kappa shape index (κ2) is 7.53. The molecule has 0 saturated carbocycles. The van der Waals surface area contributed by atoms with E-state index in [1.165, 1.54) is 0 Å². The van der Waals surface area contributed by atoms with Gasteiger partial charge in [-0.3, -0.25) is 8.51 Å². The van der Waals surface area contributed by atoms with Crippen LogP contribution in [0.4, 0.5) is 5.69 Å². The summed E-state index contributed by atoms with van der Waals surface area (Å²) in [6, 6.07) is 5.29. The van der Waals surface area contributed by atoms with Crippen molar-refractivity contribution < 1.29 is 23.4 Å². The van der Waals surface area contributed by atoms with E-state index in [1.54, 1.807) is 38.1 Å². The van der Waals surface area contributed by atoms with Crippen LogP contribution < -0.4 is 4.31 Å². The van der Waals surface area contributed by atoms with Crippen LogP contribution in [0.5, 0.6) is 0 Å². The lowest BCUT2D eigenvalue weighted by atomic mass is 9.99. The smallest absolute Gasteiger partial charge is 0.332 e. The normalized spacial score (nSPS) is 15.4. The van der Waals surface area contributed by atoms with Gasteiger partial charge in [0.1, 0.15) is 0 Å². The molecule has 21 heavy (non-hydrogen) atoms. The number of carbonyl (C=O) groups is 1. The maximum atomic E-state index is 11.9. The number of aliphatic hydroxyl groups is 1. The molecule has 0 saturated heterocycles. The molecule has 118 valence electrons. The highest BCUT2D eigenvalue weighted by atomic mass is 32.2. The number of hydrogen-bond acceptors (Lipinski definition) is 5. The van der Waals surface area contributed by atoms with Crippen molar-refractivity contribution in [2.45, 2.75) is 32.9 Å². The van der Waals surface area contributed by atoms with E-state index in [2.05, 4.69) is 4.74 Å². The average Bonchev–Trinajstić information content (AvgIpc) is 2.44. The van der Waals surface area contributed by atoms with E-state index in [9.17, 15) is 18.7 Å². The summed E-state index contributed by atoms with van der Waals surface area (Å²) in [5.74, 6) is -1.12. The first kappa shape index (κ1) is 17.6. The number of carbonyl (C=O) groups excluding carboxylic acids is 1. The van der Waals surface area contributed by atoms with Gasteiger partial charge in [-0.05, 0) is 25.0 Å². The lowest BCUT2D eigenvalue weighted by molar-refractivity contribution is -0.145. The maximum absolute atomic E-state index is 11.9. The largest absolute Gasteiger partial charge is 0.755 e. The van der Waals surface area contributed by atoms with Gasteiger partial charge in [-0.25, -0.2) is 4.79 Å². The molecule has 1 unspecified atom stereocenters. The van der Waals surface area contributed by atoms with Crippen LogP contribution in [0.2, 0.25) is 0 Å². The number of methoxy groups -OCH3 is 1. The predicted molar refractivity (Wildman–Crippen MR) is 79.2 cm³/mol. The van der Waals surface area contributed by atoms with Gasteiger partial charge in [-0.1, -0.05) is 31.5 Å². The van der Waals surface area contributed by atoms with E-state index in [4.69, 9.17) is 0 Å². The Hall–Kier alpha value is -1.44. The molecule has 1 aromatic carbocycles. The number of nitrogens with zero attached hydrogens (tertiary/aromatic N) is 1. The third-order valence-electron chi connectivity index (χ3n) is 3.15. The zero-order valence-electron chi connectivity index (χ0n) is 12.5. The number of aryl methyl sites for hydroxylation is 1. The Kier molecular flexibility index (Phi) is 6.32. The highest BCUT2D eigenvalue weighted by Crippen LogP contribution is 2.24. The minimum absolute atomic E-state index is 0.295. The lowest BCUT2D eigenvalue weighted by Crippen LogP contribution is -2.52. The van der Waals surface area contributed by atoms with Crippen molar-refractivity contribution in [2.24, 2.45) is 5.92 Å². The van der Waals surface area contributed by atoms with Crippen LogP contribution in [0.25, 0.3) is 0 Å². The number of rotatable bonds is 6. The quantitative estimate of drug-likeness (QED) is 0.628. The molecule has 1 rings (SSSR count). The summed E-state index contributed by atoms with van der Waals surface area (Å²) in [7, 11) is 1.16. The highest BCUT2D eigenvalue weighted by Gasteiger charge is 2.36. The molecule has 1 aromatic rings. The molecule has 0 aliphatic heterocycles. The Labute approximate surface area is 127 Å². The van der Waals surface area contributed by atoms with E-state index in [1.807, 2.05) is 6.92 Å². The van der Waals surface area contributed by atoms with Crippen LogP contribution in [0, 0.1) is 12.8 Å². The summed E-state index contributed by atoms with van der Waals surface area (Å²) < 4.78 is 28.7. The fraction of sp³-hybridized carbons (Fsp3) is 0.500. The average molecular weight is 314 g/mol. The van der Waals surface area contributed by atoms with Gasteiger partial charge in [0.15, 0.2) is 6.04 Å². The molecule has 0 spiro atoms. The zero-order chi connectivity index (χ0) is 16.2. The van der Waals surface area contributed by atoms with Gasteiger partial charge in [-0.15, -0.1) is 0 Å². The number of aliphatic hydroxyl groups excluding tert-OH is 1. The Morgan fingerprint density at radius 2 is 1.86 bits per heavy atom. The van der Waals surface area contributed by atoms with Crippen molar-refractivity contribution in [3.8, 4) is 0 Å². The molecule has 0 bridgehead atoms. The second-order valence-corrected chi connectivity index (χ2v) is 5.91. The third kappa shape index (κ3) is 4.26. The van der Waals surface area contributed by atoms with Crippen molar-refractivity contribution in [1.82, 2.24) is 0 Å². The first-order chi connectivity index (χ1) is 9.79. The van der Waals surface area contributed by atoms with Crippen LogP contribution in [0.3, 0.4) is 0 Å². The van der Waals surface area contributed by atoms with Crippen LogP contribution in [0.1, 0.15) is 19.4 Å². The number of ether oxygens (including phenoxy) is 1. The summed E-state index contributed by atoms with van der Waals surface area (Å²) in [4.78, 5) is 11.9. The summed E-state index contributed by atoms with van der Waals surface area (Å²) in [6.45, 7) is 5.26. The van der Waals surface area contributed by atoms with Crippen LogP contribution >= 0.6 is 0 Å². The molecular weight excluding hydrogens is 294 g/mol. The van der Waals surface area contributed by atoms with Gasteiger partial charge in [0.2, 0.25) is 0 Å². The minimum atomic E-state index is -2.73. The fourth-order valence-electron chi connectivity index (χ4n) is 1.89. The minimum Gasteiger partial charge on any atom is -0.755 e. The Bertz CT molecular complexity index is 503. The summed E-state index contributed by atoms with van der Waals surface area (Å²) in [5, 5.41) is 10.2. The van der Waals surface area contributed by atoms with Crippen LogP contribution in [0.15, 0.2) is 24.3 Å². The highest BCUT2D eigenvalue weighted by molar-refractivity contribution is 7.80. The molecule has 0 aromatic heterocycles. The second-order valence-electron chi connectivity index (χ2n) is 5.08. The number of hydrogen-bond donors (Lipinski definition) is 1. The Morgan fingerprint density at radius 3 is 2.24 bits per heavy atom. The summed E-state index contributed by atoms with van der Waals surface area (Å²) in [5.41, 5.74) is 1.25. The topological polar surface area (TPSA) is 89.9 Å². The van der Waals surface area contributed by atoms with Gasteiger partial charge in [0.05, 0.1) is 13.2 Å². The van der Waals surface area contributed by atoms with Crippen molar-refractivity contribution in [3.63, 3.8) is 0 Å². The van der Waals surface area contributed by atoms with Gasteiger partial charge in [0, 0.05) is 17.0 Å². The Balaban J connectivity index is 3.29. The van der Waals surface area contributed by atoms with E-state index >= 15 is 0 Å². The molecule has 0 radical (unpaired) electrons. The molecule has 3 atom stereocenters. The van der Waals surface area contributed by atoms with E-state index < -0.39 is 29.4 Å². The number of esters is 1. The van der Waals surface area contributed by atoms with Crippen molar-refractivity contribution in [3.05, 3.63) is 29.8 Å². The molecule has 7 heteroatoms. The van der Waals surface area contributed by atoms with Crippen molar-refractivity contribution in [1.29, 1.82) is 0 Å². The monoisotopic (exact) mass is 314 g/mol. The van der Waals surface area contributed by atoms with E-state index in [0.717, 1.165) is 17.0 Å². The maximum Gasteiger partial charge on any atom is 0.332 e. The molecule has 0 aliphatic rings.